The van der Waals surface area contributed by atoms with E-state index in [2.05, 4.69) is 5.10 Å². The predicted molar refractivity (Wildman–Crippen MR) is 77.9 cm³/mol. The molecular weight excluding hydrogens is 252 g/mol. The number of hydrogen-bond acceptors (Lipinski definition) is 3. The Labute approximate surface area is 118 Å². The molecule has 2 aromatic rings. The molecule has 1 atom stereocenters. The monoisotopic (exact) mass is 272 g/mol. The van der Waals surface area contributed by atoms with Crippen molar-refractivity contribution in [1.82, 2.24) is 9.78 Å². The number of primary amides is 1. The fraction of sp³-hybridized carbons (Fsp3) is 0.333. The first-order chi connectivity index (χ1) is 9.36. The fourth-order valence-corrected chi connectivity index (χ4v) is 2.22. The van der Waals surface area contributed by atoms with Crippen molar-refractivity contribution in [3.05, 3.63) is 52.8 Å². The highest BCUT2D eigenvalue weighted by Crippen LogP contribution is 2.22. The van der Waals surface area contributed by atoms with E-state index in [1.165, 1.54) is 0 Å². The summed E-state index contributed by atoms with van der Waals surface area (Å²) in [4.78, 5) is 11.9. The molecular formula is C15H20N4O. The van der Waals surface area contributed by atoms with E-state index in [9.17, 15) is 4.79 Å². The number of nitrogens with two attached hydrogens (primary N) is 2. The van der Waals surface area contributed by atoms with E-state index in [-0.39, 0.29) is 6.54 Å². The molecule has 1 aromatic heterocycles. The second-order valence-electron chi connectivity index (χ2n) is 5.16. The van der Waals surface area contributed by atoms with E-state index in [0.717, 1.165) is 17.0 Å². The van der Waals surface area contributed by atoms with Crippen LogP contribution in [-0.2, 0) is 16.9 Å². The smallest absolute Gasteiger partial charge is 0.244 e. The quantitative estimate of drug-likeness (QED) is 0.875. The minimum absolute atomic E-state index is 0.229. The van der Waals surface area contributed by atoms with Gasteiger partial charge in [0.1, 0.15) is 5.54 Å². The normalized spacial score (nSPS) is 14.0. The van der Waals surface area contributed by atoms with Crippen molar-refractivity contribution in [2.24, 2.45) is 11.5 Å². The van der Waals surface area contributed by atoms with E-state index >= 15 is 0 Å². The Kier molecular flexibility index (Phi) is 3.63. The standard InChI is InChI=1S/C15H20N4O/c1-10-11(2)18-19(12(10)3)9-15(17,14(16)20)13-7-5-4-6-8-13/h4-8H,9,17H2,1-3H3,(H2,16,20). The molecule has 5 heteroatoms. The maximum Gasteiger partial charge on any atom is 0.244 e. The molecule has 106 valence electrons. The van der Waals surface area contributed by atoms with Gasteiger partial charge in [-0.25, -0.2) is 0 Å². The fourth-order valence-electron chi connectivity index (χ4n) is 2.22. The minimum Gasteiger partial charge on any atom is -0.368 e. The zero-order chi connectivity index (χ0) is 14.9. The summed E-state index contributed by atoms with van der Waals surface area (Å²) in [6.07, 6.45) is 0. The number of hydrogen-bond donors (Lipinski definition) is 2. The van der Waals surface area contributed by atoms with E-state index < -0.39 is 11.4 Å². The summed E-state index contributed by atoms with van der Waals surface area (Å²) in [6.45, 7) is 6.12. The van der Waals surface area contributed by atoms with Gasteiger partial charge in [-0.15, -0.1) is 0 Å². The Hall–Kier alpha value is -2.14. The SMILES string of the molecule is Cc1nn(CC(N)(C(N)=O)c2ccccc2)c(C)c1C. The second-order valence-corrected chi connectivity index (χ2v) is 5.16. The molecule has 5 nitrogen and oxygen atoms in total. The molecule has 0 fully saturated rings. The second kappa shape index (κ2) is 5.09. The number of carbonyl (C=O) groups is 1. The number of rotatable bonds is 4. The summed E-state index contributed by atoms with van der Waals surface area (Å²) in [6, 6.07) is 9.17. The Morgan fingerprint density at radius 2 is 1.85 bits per heavy atom. The molecule has 0 spiro atoms. The average Bonchev–Trinajstić information content (AvgIpc) is 2.67. The molecule has 1 heterocycles. The van der Waals surface area contributed by atoms with Gasteiger partial charge in [-0.3, -0.25) is 9.48 Å². The first-order valence-electron chi connectivity index (χ1n) is 6.51. The Morgan fingerprint density at radius 1 is 1.25 bits per heavy atom. The molecule has 1 amide bonds. The van der Waals surface area contributed by atoms with Gasteiger partial charge in [-0.1, -0.05) is 30.3 Å². The molecule has 0 aliphatic carbocycles. The van der Waals surface area contributed by atoms with Crippen LogP contribution in [0.15, 0.2) is 30.3 Å². The van der Waals surface area contributed by atoms with E-state index in [4.69, 9.17) is 11.5 Å². The van der Waals surface area contributed by atoms with Crippen molar-refractivity contribution >= 4 is 5.91 Å². The van der Waals surface area contributed by atoms with Crippen LogP contribution in [0.25, 0.3) is 0 Å². The minimum atomic E-state index is -1.27. The van der Waals surface area contributed by atoms with Crippen LogP contribution in [0.4, 0.5) is 0 Å². The molecule has 1 unspecified atom stereocenters. The first-order valence-corrected chi connectivity index (χ1v) is 6.51. The van der Waals surface area contributed by atoms with E-state index in [0.29, 0.717) is 5.56 Å². The Balaban J connectivity index is 2.45. The zero-order valence-electron chi connectivity index (χ0n) is 12.1. The maximum absolute atomic E-state index is 11.9. The van der Waals surface area contributed by atoms with Gasteiger partial charge in [-0.2, -0.15) is 5.10 Å². The van der Waals surface area contributed by atoms with Gasteiger partial charge in [0.05, 0.1) is 12.2 Å². The number of benzene rings is 1. The Bertz CT molecular complexity index is 633. The lowest BCUT2D eigenvalue weighted by atomic mass is 9.90. The lowest BCUT2D eigenvalue weighted by Crippen LogP contribution is -2.52. The van der Waals surface area contributed by atoms with Gasteiger partial charge in [-0.05, 0) is 31.9 Å². The van der Waals surface area contributed by atoms with Crippen LogP contribution in [-0.4, -0.2) is 15.7 Å². The van der Waals surface area contributed by atoms with Crippen LogP contribution in [0.3, 0.4) is 0 Å². The Morgan fingerprint density at radius 3 is 2.30 bits per heavy atom. The zero-order valence-corrected chi connectivity index (χ0v) is 12.1. The topological polar surface area (TPSA) is 86.9 Å². The van der Waals surface area contributed by atoms with Crippen molar-refractivity contribution in [1.29, 1.82) is 0 Å². The molecule has 0 bridgehead atoms. The van der Waals surface area contributed by atoms with Crippen LogP contribution in [0.5, 0.6) is 0 Å². The van der Waals surface area contributed by atoms with Crippen LogP contribution >= 0.6 is 0 Å². The molecule has 20 heavy (non-hydrogen) atoms. The number of carbonyl (C=O) groups excluding carboxylic acids is 1. The molecule has 0 saturated heterocycles. The van der Waals surface area contributed by atoms with E-state index in [1.807, 2.05) is 51.1 Å². The van der Waals surface area contributed by atoms with Gasteiger partial charge in [0.25, 0.3) is 0 Å². The summed E-state index contributed by atoms with van der Waals surface area (Å²) in [7, 11) is 0. The predicted octanol–water partition coefficient (Wildman–Crippen LogP) is 1.15. The van der Waals surface area contributed by atoms with Gasteiger partial charge in [0, 0.05) is 5.69 Å². The molecule has 0 aliphatic rings. The highest BCUT2D eigenvalue weighted by molar-refractivity contribution is 5.85. The third kappa shape index (κ3) is 2.32. The number of nitrogens with zero attached hydrogens (tertiary/aromatic N) is 2. The van der Waals surface area contributed by atoms with Crippen molar-refractivity contribution in [3.8, 4) is 0 Å². The highest BCUT2D eigenvalue weighted by atomic mass is 16.1. The van der Waals surface area contributed by atoms with Gasteiger partial charge in [0.2, 0.25) is 5.91 Å². The van der Waals surface area contributed by atoms with Gasteiger partial charge in [0.15, 0.2) is 0 Å². The summed E-state index contributed by atoms with van der Waals surface area (Å²) in [5.74, 6) is -0.561. The van der Waals surface area contributed by atoms with Crippen molar-refractivity contribution < 1.29 is 4.79 Å². The molecule has 1 aromatic carbocycles. The molecule has 2 rings (SSSR count). The van der Waals surface area contributed by atoms with Crippen LogP contribution in [0.1, 0.15) is 22.5 Å². The third-order valence-corrected chi connectivity index (χ3v) is 3.87. The van der Waals surface area contributed by atoms with Crippen LogP contribution in [0, 0.1) is 20.8 Å². The van der Waals surface area contributed by atoms with Crippen molar-refractivity contribution in [2.75, 3.05) is 0 Å². The molecule has 0 saturated carbocycles. The van der Waals surface area contributed by atoms with Crippen molar-refractivity contribution in [2.45, 2.75) is 32.9 Å². The molecule has 4 N–H and O–H groups in total. The van der Waals surface area contributed by atoms with Crippen molar-refractivity contribution in [3.63, 3.8) is 0 Å². The summed E-state index contributed by atoms with van der Waals surface area (Å²) in [5, 5.41) is 4.43. The summed E-state index contributed by atoms with van der Waals surface area (Å²) >= 11 is 0. The first kappa shape index (κ1) is 14.3. The summed E-state index contributed by atoms with van der Waals surface area (Å²) in [5.41, 5.74) is 14.3. The van der Waals surface area contributed by atoms with Gasteiger partial charge < -0.3 is 11.5 Å². The molecule has 0 radical (unpaired) electrons. The third-order valence-electron chi connectivity index (χ3n) is 3.87. The van der Waals surface area contributed by atoms with Gasteiger partial charge >= 0.3 is 0 Å². The molecule has 0 aliphatic heterocycles. The largest absolute Gasteiger partial charge is 0.368 e. The maximum atomic E-state index is 11.9. The van der Waals surface area contributed by atoms with Crippen LogP contribution < -0.4 is 11.5 Å². The number of aryl methyl sites for hydroxylation is 1. The number of amides is 1. The van der Waals surface area contributed by atoms with E-state index in [1.54, 1.807) is 4.68 Å². The summed E-state index contributed by atoms with van der Waals surface area (Å²) < 4.78 is 1.75. The van der Waals surface area contributed by atoms with Crippen LogP contribution in [0.2, 0.25) is 0 Å². The number of aromatic nitrogens is 2. The lowest BCUT2D eigenvalue weighted by molar-refractivity contribution is -0.124. The average molecular weight is 272 g/mol. The lowest BCUT2D eigenvalue weighted by Gasteiger charge is -2.27. The highest BCUT2D eigenvalue weighted by Gasteiger charge is 2.35.